The van der Waals surface area contributed by atoms with Crippen LogP contribution in [0.4, 0.5) is 0 Å². The van der Waals surface area contributed by atoms with Crippen molar-refractivity contribution in [3.8, 4) is 17.0 Å². The summed E-state index contributed by atoms with van der Waals surface area (Å²) in [7, 11) is 1.64. The molecule has 4 rings (SSSR count). The van der Waals surface area contributed by atoms with Crippen LogP contribution in [-0.4, -0.2) is 44.1 Å². The van der Waals surface area contributed by atoms with Gasteiger partial charge in [-0.15, -0.1) is 0 Å². The van der Waals surface area contributed by atoms with E-state index in [-0.39, 0.29) is 11.9 Å². The van der Waals surface area contributed by atoms with E-state index in [9.17, 15) is 4.79 Å². The van der Waals surface area contributed by atoms with Gasteiger partial charge in [-0.3, -0.25) is 9.89 Å². The van der Waals surface area contributed by atoms with E-state index < -0.39 is 0 Å². The van der Waals surface area contributed by atoms with Gasteiger partial charge in [-0.1, -0.05) is 12.1 Å². The molecule has 0 saturated heterocycles. The number of carbonyl (C=O) groups excluding carboxylic acids is 1. The average molecular weight is 389 g/mol. The fraction of sp³-hybridized carbons (Fsp3) is 0.227. The SMILES string of the molecule is COc1cccc(CN(C(=O)c2cc3ccc(-c4cn[nH]c4)nc3[nH]2)C(C)C)c1. The van der Waals surface area contributed by atoms with Crippen molar-refractivity contribution in [3.05, 3.63) is 66.1 Å². The standard InChI is InChI=1S/C22H23N5O2/c1-14(2)27(13-15-5-4-6-18(9-15)29-3)22(28)20-10-16-7-8-19(25-21(16)26-20)17-11-23-24-12-17/h4-12,14H,13H2,1-3H3,(H,23,24)(H,25,26). The summed E-state index contributed by atoms with van der Waals surface area (Å²) in [5, 5.41) is 7.64. The first kappa shape index (κ1) is 18.7. The van der Waals surface area contributed by atoms with Crippen LogP contribution in [0.2, 0.25) is 0 Å². The number of nitrogens with zero attached hydrogens (tertiary/aromatic N) is 3. The molecule has 4 aromatic rings. The predicted octanol–water partition coefficient (Wildman–Crippen LogP) is 4.01. The Kier molecular flexibility index (Phi) is 5.03. The van der Waals surface area contributed by atoms with Crippen molar-refractivity contribution >= 4 is 16.9 Å². The lowest BCUT2D eigenvalue weighted by Crippen LogP contribution is -2.36. The molecule has 3 heterocycles. The van der Waals surface area contributed by atoms with Crippen molar-refractivity contribution in [2.24, 2.45) is 0 Å². The molecule has 0 saturated carbocycles. The van der Waals surface area contributed by atoms with E-state index in [4.69, 9.17) is 4.74 Å². The van der Waals surface area contributed by atoms with Crippen molar-refractivity contribution in [3.63, 3.8) is 0 Å². The number of aromatic nitrogens is 4. The quantitative estimate of drug-likeness (QED) is 0.522. The molecule has 0 atom stereocenters. The molecule has 7 nitrogen and oxygen atoms in total. The summed E-state index contributed by atoms with van der Waals surface area (Å²) in [4.78, 5) is 22.9. The Bertz CT molecular complexity index is 1130. The summed E-state index contributed by atoms with van der Waals surface area (Å²) in [6, 6.07) is 13.5. The van der Waals surface area contributed by atoms with Crippen LogP contribution in [0.1, 0.15) is 29.9 Å². The second kappa shape index (κ2) is 7.79. The Hall–Kier alpha value is -3.61. The third-order valence-electron chi connectivity index (χ3n) is 4.88. The molecule has 0 aliphatic rings. The molecule has 0 fully saturated rings. The lowest BCUT2D eigenvalue weighted by Gasteiger charge is -2.26. The van der Waals surface area contributed by atoms with Gasteiger partial charge >= 0.3 is 0 Å². The third kappa shape index (κ3) is 3.85. The van der Waals surface area contributed by atoms with Crippen LogP contribution in [-0.2, 0) is 6.54 Å². The molecule has 7 heteroatoms. The van der Waals surface area contributed by atoms with Gasteiger partial charge in [0.2, 0.25) is 0 Å². The Balaban J connectivity index is 1.62. The number of carbonyl (C=O) groups is 1. The molecule has 148 valence electrons. The highest BCUT2D eigenvalue weighted by Gasteiger charge is 2.21. The molecular formula is C22H23N5O2. The summed E-state index contributed by atoms with van der Waals surface area (Å²) in [6.07, 6.45) is 3.51. The smallest absolute Gasteiger partial charge is 0.270 e. The highest BCUT2D eigenvalue weighted by atomic mass is 16.5. The Morgan fingerprint density at radius 3 is 2.79 bits per heavy atom. The van der Waals surface area contributed by atoms with Gasteiger partial charge in [-0.2, -0.15) is 5.10 Å². The number of pyridine rings is 1. The highest BCUT2D eigenvalue weighted by Crippen LogP contribution is 2.22. The molecule has 0 unspecified atom stereocenters. The number of methoxy groups -OCH3 is 1. The zero-order valence-corrected chi connectivity index (χ0v) is 16.6. The van der Waals surface area contributed by atoms with Gasteiger partial charge in [0.25, 0.3) is 5.91 Å². The topological polar surface area (TPSA) is 86.9 Å². The van der Waals surface area contributed by atoms with Crippen LogP contribution in [0.5, 0.6) is 5.75 Å². The summed E-state index contributed by atoms with van der Waals surface area (Å²) in [5.74, 6) is 0.714. The molecule has 1 amide bonds. The molecule has 29 heavy (non-hydrogen) atoms. The molecule has 0 aliphatic heterocycles. The summed E-state index contributed by atoms with van der Waals surface area (Å²) in [6.45, 7) is 4.52. The number of amides is 1. The van der Waals surface area contributed by atoms with E-state index >= 15 is 0 Å². The van der Waals surface area contributed by atoms with Gasteiger partial charge < -0.3 is 14.6 Å². The lowest BCUT2D eigenvalue weighted by molar-refractivity contribution is 0.0685. The van der Waals surface area contributed by atoms with Crippen molar-refractivity contribution < 1.29 is 9.53 Å². The Morgan fingerprint density at radius 1 is 1.21 bits per heavy atom. The third-order valence-corrected chi connectivity index (χ3v) is 4.88. The van der Waals surface area contributed by atoms with E-state index in [0.717, 1.165) is 28.0 Å². The van der Waals surface area contributed by atoms with Crippen LogP contribution < -0.4 is 4.74 Å². The van der Waals surface area contributed by atoms with Crippen LogP contribution in [0.3, 0.4) is 0 Å². The largest absolute Gasteiger partial charge is 0.497 e. The molecule has 2 N–H and O–H groups in total. The van der Waals surface area contributed by atoms with Crippen molar-refractivity contribution in [1.82, 2.24) is 25.1 Å². The fourth-order valence-electron chi connectivity index (χ4n) is 3.28. The number of nitrogens with one attached hydrogen (secondary N) is 2. The molecule has 0 spiro atoms. The first-order chi connectivity index (χ1) is 14.0. The normalized spacial score (nSPS) is 11.2. The van der Waals surface area contributed by atoms with Crippen LogP contribution in [0.25, 0.3) is 22.3 Å². The van der Waals surface area contributed by atoms with E-state index in [1.165, 1.54) is 0 Å². The number of hydrogen-bond donors (Lipinski definition) is 2. The van der Waals surface area contributed by atoms with Gasteiger partial charge in [0.15, 0.2) is 0 Å². The Morgan fingerprint density at radius 2 is 2.07 bits per heavy atom. The van der Waals surface area contributed by atoms with Crippen LogP contribution in [0.15, 0.2) is 54.9 Å². The first-order valence-corrected chi connectivity index (χ1v) is 9.48. The van der Waals surface area contributed by atoms with Gasteiger partial charge in [0, 0.05) is 29.7 Å². The van der Waals surface area contributed by atoms with Crippen molar-refractivity contribution in [2.45, 2.75) is 26.4 Å². The molecule has 0 radical (unpaired) electrons. The number of benzene rings is 1. The highest BCUT2D eigenvalue weighted by molar-refractivity contribution is 5.97. The minimum absolute atomic E-state index is 0.0366. The van der Waals surface area contributed by atoms with Gasteiger partial charge in [0.05, 0.1) is 19.0 Å². The van der Waals surface area contributed by atoms with E-state index in [0.29, 0.717) is 17.9 Å². The zero-order valence-electron chi connectivity index (χ0n) is 16.6. The average Bonchev–Trinajstić information content (AvgIpc) is 3.40. The van der Waals surface area contributed by atoms with Crippen molar-refractivity contribution in [2.75, 3.05) is 7.11 Å². The maximum absolute atomic E-state index is 13.2. The van der Waals surface area contributed by atoms with Crippen LogP contribution >= 0.6 is 0 Å². The predicted molar refractivity (Wildman–Crippen MR) is 112 cm³/mol. The van der Waals surface area contributed by atoms with E-state index in [1.54, 1.807) is 19.5 Å². The van der Waals surface area contributed by atoms with E-state index in [1.807, 2.05) is 61.2 Å². The Labute approximate surface area is 168 Å². The summed E-state index contributed by atoms with van der Waals surface area (Å²) >= 11 is 0. The number of aromatic amines is 2. The zero-order chi connectivity index (χ0) is 20.4. The number of fused-ring (bicyclic) bond motifs is 1. The molecule has 0 aliphatic carbocycles. The first-order valence-electron chi connectivity index (χ1n) is 9.48. The minimum Gasteiger partial charge on any atom is -0.497 e. The summed E-state index contributed by atoms with van der Waals surface area (Å²) < 4.78 is 5.30. The van der Waals surface area contributed by atoms with Gasteiger partial charge in [-0.25, -0.2) is 4.98 Å². The number of rotatable bonds is 6. The number of H-pyrrole nitrogens is 2. The molecule has 3 aromatic heterocycles. The molecule has 1 aromatic carbocycles. The fourth-order valence-corrected chi connectivity index (χ4v) is 3.28. The number of hydrogen-bond acceptors (Lipinski definition) is 4. The second-order valence-corrected chi connectivity index (χ2v) is 7.18. The monoisotopic (exact) mass is 389 g/mol. The van der Waals surface area contributed by atoms with E-state index in [2.05, 4.69) is 20.2 Å². The van der Waals surface area contributed by atoms with Crippen molar-refractivity contribution in [1.29, 1.82) is 0 Å². The minimum atomic E-state index is -0.0642. The molecular weight excluding hydrogens is 366 g/mol. The maximum Gasteiger partial charge on any atom is 0.270 e. The second-order valence-electron chi connectivity index (χ2n) is 7.18. The summed E-state index contributed by atoms with van der Waals surface area (Å²) in [5.41, 5.74) is 3.91. The van der Waals surface area contributed by atoms with Gasteiger partial charge in [-0.05, 0) is 49.7 Å². The number of ether oxygens (including phenoxy) is 1. The molecule has 0 bridgehead atoms. The maximum atomic E-state index is 13.2. The van der Waals surface area contributed by atoms with Crippen LogP contribution in [0, 0.1) is 0 Å². The van der Waals surface area contributed by atoms with Gasteiger partial charge in [0.1, 0.15) is 17.1 Å². The lowest BCUT2D eigenvalue weighted by atomic mass is 10.1.